The second-order valence-corrected chi connectivity index (χ2v) is 5.08. The van der Waals surface area contributed by atoms with Crippen LogP contribution in [0.3, 0.4) is 0 Å². The lowest BCUT2D eigenvalue weighted by molar-refractivity contribution is -0.138. The van der Waals surface area contributed by atoms with E-state index in [-0.39, 0.29) is 18.5 Å². The van der Waals surface area contributed by atoms with E-state index in [9.17, 15) is 9.59 Å². The number of amides is 2. The molecule has 20 heavy (non-hydrogen) atoms. The van der Waals surface area contributed by atoms with Gasteiger partial charge in [0.2, 0.25) is 0 Å². The molecule has 7 heteroatoms. The van der Waals surface area contributed by atoms with Gasteiger partial charge in [-0.15, -0.1) is 0 Å². The second kappa shape index (κ2) is 6.40. The summed E-state index contributed by atoms with van der Waals surface area (Å²) in [5.41, 5.74) is 0.785. The number of aromatic nitrogens is 2. The Kier molecular flexibility index (Phi) is 4.60. The number of carboxylic acids is 1. The second-order valence-electron chi connectivity index (χ2n) is 5.08. The van der Waals surface area contributed by atoms with Crippen molar-refractivity contribution in [1.29, 1.82) is 0 Å². The lowest BCUT2D eigenvalue weighted by Gasteiger charge is -2.34. The fraction of sp³-hybridized carbons (Fsp3) is 0.615. The largest absolute Gasteiger partial charge is 0.481 e. The molecule has 0 radical (unpaired) electrons. The molecule has 1 saturated heterocycles. The summed E-state index contributed by atoms with van der Waals surface area (Å²) >= 11 is 0. The molecule has 0 spiro atoms. The van der Waals surface area contributed by atoms with Gasteiger partial charge in [0.25, 0.3) is 0 Å². The third-order valence-corrected chi connectivity index (χ3v) is 3.49. The van der Waals surface area contributed by atoms with Crippen LogP contribution in [0.5, 0.6) is 0 Å². The van der Waals surface area contributed by atoms with Crippen LogP contribution >= 0.6 is 0 Å². The first-order chi connectivity index (χ1) is 9.56. The number of rotatable bonds is 4. The smallest absolute Gasteiger partial charge is 0.317 e. The van der Waals surface area contributed by atoms with E-state index >= 15 is 0 Å². The predicted molar refractivity (Wildman–Crippen MR) is 72.0 cm³/mol. The van der Waals surface area contributed by atoms with E-state index in [0.717, 1.165) is 25.0 Å². The number of carbonyl (C=O) groups is 2. The van der Waals surface area contributed by atoms with Gasteiger partial charge in [-0.05, 0) is 25.3 Å². The fourth-order valence-corrected chi connectivity index (χ4v) is 2.51. The van der Waals surface area contributed by atoms with Gasteiger partial charge >= 0.3 is 12.0 Å². The zero-order valence-corrected chi connectivity index (χ0v) is 11.6. The molecule has 0 saturated carbocycles. The molecule has 2 N–H and O–H groups in total. The normalized spacial score (nSPS) is 18.9. The van der Waals surface area contributed by atoms with Crippen LogP contribution in [-0.2, 0) is 18.4 Å². The SMILES string of the molecule is Cn1ccc(CNC(=O)N2CCCCC2CC(=O)O)n1. The number of hydrogen-bond acceptors (Lipinski definition) is 3. The first kappa shape index (κ1) is 14.4. The highest BCUT2D eigenvalue weighted by Crippen LogP contribution is 2.19. The van der Waals surface area contributed by atoms with Crippen LogP contribution in [0.15, 0.2) is 12.3 Å². The van der Waals surface area contributed by atoms with Crippen molar-refractivity contribution in [2.45, 2.75) is 38.3 Å². The van der Waals surface area contributed by atoms with Gasteiger partial charge in [0.15, 0.2) is 0 Å². The maximum absolute atomic E-state index is 12.2. The molecule has 7 nitrogen and oxygen atoms in total. The van der Waals surface area contributed by atoms with E-state index < -0.39 is 5.97 Å². The zero-order valence-electron chi connectivity index (χ0n) is 11.6. The van der Waals surface area contributed by atoms with Crippen molar-refractivity contribution in [3.8, 4) is 0 Å². The minimum absolute atomic E-state index is 0.0109. The number of urea groups is 1. The Balaban J connectivity index is 1.90. The molecule has 1 unspecified atom stereocenters. The Bertz CT molecular complexity index is 486. The van der Waals surface area contributed by atoms with Crippen molar-refractivity contribution in [3.63, 3.8) is 0 Å². The van der Waals surface area contributed by atoms with Crippen LogP contribution in [0.4, 0.5) is 4.79 Å². The van der Waals surface area contributed by atoms with Gasteiger partial charge in [0.05, 0.1) is 18.7 Å². The Labute approximate surface area is 117 Å². The Morgan fingerprint density at radius 2 is 2.30 bits per heavy atom. The van der Waals surface area contributed by atoms with E-state index in [1.54, 1.807) is 9.58 Å². The van der Waals surface area contributed by atoms with Gasteiger partial charge in [0.1, 0.15) is 0 Å². The number of nitrogens with one attached hydrogen (secondary N) is 1. The van der Waals surface area contributed by atoms with E-state index in [1.165, 1.54) is 0 Å². The summed E-state index contributed by atoms with van der Waals surface area (Å²) in [4.78, 5) is 24.6. The number of piperidine rings is 1. The summed E-state index contributed by atoms with van der Waals surface area (Å²) in [5, 5.41) is 15.9. The molecule has 110 valence electrons. The molecule has 0 bridgehead atoms. The summed E-state index contributed by atoms with van der Waals surface area (Å²) in [5.74, 6) is -0.862. The predicted octanol–water partition coefficient (Wildman–Crippen LogP) is 0.959. The lowest BCUT2D eigenvalue weighted by Crippen LogP contribution is -2.49. The first-order valence-electron chi connectivity index (χ1n) is 6.81. The lowest BCUT2D eigenvalue weighted by atomic mass is 10.00. The highest BCUT2D eigenvalue weighted by Gasteiger charge is 2.28. The molecule has 1 aliphatic rings. The van der Waals surface area contributed by atoms with E-state index in [2.05, 4.69) is 10.4 Å². The van der Waals surface area contributed by atoms with Gasteiger partial charge < -0.3 is 15.3 Å². The summed E-state index contributed by atoms with van der Waals surface area (Å²) in [6.07, 6.45) is 4.48. The van der Waals surface area contributed by atoms with Crippen LogP contribution in [-0.4, -0.2) is 44.4 Å². The van der Waals surface area contributed by atoms with Gasteiger partial charge in [-0.25, -0.2) is 4.79 Å². The van der Waals surface area contributed by atoms with E-state index in [4.69, 9.17) is 5.11 Å². The topological polar surface area (TPSA) is 87.5 Å². The molecule has 1 aromatic rings. The summed E-state index contributed by atoms with van der Waals surface area (Å²) in [6.45, 7) is 0.974. The zero-order chi connectivity index (χ0) is 14.5. The Hall–Kier alpha value is -2.05. The fourth-order valence-electron chi connectivity index (χ4n) is 2.51. The summed E-state index contributed by atoms with van der Waals surface area (Å²) < 4.78 is 1.68. The maximum atomic E-state index is 12.2. The molecule has 0 aromatic carbocycles. The van der Waals surface area contributed by atoms with Crippen molar-refractivity contribution in [1.82, 2.24) is 20.0 Å². The molecule has 0 aliphatic carbocycles. The quantitative estimate of drug-likeness (QED) is 0.860. The number of likely N-dealkylation sites (tertiary alicyclic amines) is 1. The van der Waals surface area contributed by atoms with Crippen molar-refractivity contribution in [3.05, 3.63) is 18.0 Å². The third-order valence-electron chi connectivity index (χ3n) is 3.49. The third kappa shape index (κ3) is 3.72. The van der Waals surface area contributed by atoms with E-state index in [0.29, 0.717) is 13.1 Å². The number of hydrogen-bond donors (Lipinski definition) is 2. The van der Waals surface area contributed by atoms with E-state index in [1.807, 2.05) is 19.3 Å². The molecule has 2 rings (SSSR count). The monoisotopic (exact) mass is 280 g/mol. The van der Waals surface area contributed by atoms with Gasteiger partial charge in [0, 0.05) is 25.8 Å². The minimum atomic E-state index is -0.862. The van der Waals surface area contributed by atoms with Crippen LogP contribution in [0.25, 0.3) is 0 Å². The highest BCUT2D eigenvalue weighted by atomic mass is 16.4. The van der Waals surface area contributed by atoms with Gasteiger partial charge in [-0.2, -0.15) is 5.10 Å². The summed E-state index contributed by atoms with van der Waals surface area (Å²) in [7, 11) is 1.82. The molecule has 2 heterocycles. The number of aryl methyl sites for hydroxylation is 1. The molecule has 1 aliphatic heterocycles. The molecule has 2 amide bonds. The molecular formula is C13H20N4O3. The van der Waals surface area contributed by atoms with Crippen molar-refractivity contribution in [2.24, 2.45) is 7.05 Å². The van der Waals surface area contributed by atoms with Crippen LogP contribution < -0.4 is 5.32 Å². The standard InChI is InChI=1S/C13H20N4O3/c1-16-7-5-10(15-16)9-14-13(20)17-6-3-2-4-11(17)8-12(18)19/h5,7,11H,2-4,6,8-9H2,1H3,(H,14,20)(H,18,19). The number of carboxylic acid groups (broad SMARTS) is 1. The van der Waals surface area contributed by atoms with Crippen LogP contribution in [0, 0.1) is 0 Å². The summed E-state index contributed by atoms with van der Waals surface area (Å²) in [6, 6.07) is 1.43. The Morgan fingerprint density at radius 1 is 1.50 bits per heavy atom. The number of nitrogens with zero attached hydrogens (tertiary/aromatic N) is 3. The first-order valence-corrected chi connectivity index (χ1v) is 6.81. The number of aliphatic carboxylic acids is 1. The minimum Gasteiger partial charge on any atom is -0.481 e. The molecular weight excluding hydrogens is 260 g/mol. The van der Waals surface area contributed by atoms with Crippen molar-refractivity contribution < 1.29 is 14.7 Å². The number of carbonyl (C=O) groups excluding carboxylic acids is 1. The average molecular weight is 280 g/mol. The average Bonchev–Trinajstić information content (AvgIpc) is 2.82. The van der Waals surface area contributed by atoms with Crippen LogP contribution in [0.2, 0.25) is 0 Å². The van der Waals surface area contributed by atoms with Crippen LogP contribution in [0.1, 0.15) is 31.4 Å². The Morgan fingerprint density at radius 3 is 2.95 bits per heavy atom. The van der Waals surface area contributed by atoms with Crippen molar-refractivity contribution >= 4 is 12.0 Å². The maximum Gasteiger partial charge on any atom is 0.317 e. The van der Waals surface area contributed by atoms with Crippen molar-refractivity contribution in [2.75, 3.05) is 6.54 Å². The van der Waals surface area contributed by atoms with Gasteiger partial charge in [-0.1, -0.05) is 0 Å². The molecule has 1 fully saturated rings. The highest BCUT2D eigenvalue weighted by molar-refractivity contribution is 5.76. The molecule has 1 aromatic heterocycles. The van der Waals surface area contributed by atoms with Gasteiger partial charge in [-0.3, -0.25) is 9.48 Å². The molecule has 1 atom stereocenters.